The fourth-order valence-corrected chi connectivity index (χ4v) is 2.63. The molecule has 0 radical (unpaired) electrons. The van der Waals surface area contributed by atoms with Gasteiger partial charge in [-0.2, -0.15) is 5.10 Å². The molecule has 1 unspecified atom stereocenters. The summed E-state index contributed by atoms with van der Waals surface area (Å²) in [5, 5.41) is 7.68. The molecule has 0 saturated carbocycles. The minimum atomic E-state index is 0.100. The lowest BCUT2D eigenvalue weighted by molar-refractivity contribution is -0.136. The van der Waals surface area contributed by atoms with Gasteiger partial charge in [-0.3, -0.25) is 9.48 Å². The molecule has 1 aliphatic heterocycles. The van der Waals surface area contributed by atoms with E-state index in [1.165, 1.54) is 0 Å². The van der Waals surface area contributed by atoms with E-state index in [0.29, 0.717) is 44.8 Å². The summed E-state index contributed by atoms with van der Waals surface area (Å²) in [6.07, 6.45) is 4.79. The normalized spacial score (nSPS) is 17.0. The van der Waals surface area contributed by atoms with E-state index in [-0.39, 0.29) is 5.91 Å². The number of carbonyl (C=O) groups excluding carboxylic acids is 1. The molecule has 1 atom stereocenters. The van der Waals surface area contributed by atoms with Crippen molar-refractivity contribution in [1.82, 2.24) is 14.7 Å². The van der Waals surface area contributed by atoms with Gasteiger partial charge < -0.3 is 15.0 Å². The molecule has 1 fully saturated rings. The monoisotopic (exact) mass is 294 g/mol. The number of morpholine rings is 1. The highest BCUT2D eigenvalue weighted by atomic mass is 16.5. The number of carbonyl (C=O) groups is 1. The average Bonchev–Trinajstić information content (AvgIpc) is 2.85. The number of ether oxygens (including phenoxy) is 1. The predicted molar refractivity (Wildman–Crippen MR) is 82.2 cm³/mol. The number of hydrogen-bond acceptors (Lipinski definition) is 4. The van der Waals surface area contributed by atoms with Crippen molar-refractivity contribution in [3.63, 3.8) is 0 Å². The second-order valence-electron chi connectivity index (χ2n) is 6.09. The van der Waals surface area contributed by atoms with Crippen LogP contribution in [0.3, 0.4) is 0 Å². The lowest BCUT2D eigenvalue weighted by Crippen LogP contribution is -2.42. The summed E-state index contributed by atoms with van der Waals surface area (Å²) < 4.78 is 6.95. The Kier molecular flexibility index (Phi) is 5.61. The second-order valence-corrected chi connectivity index (χ2v) is 6.09. The molecule has 1 N–H and O–H groups in total. The first-order chi connectivity index (χ1) is 10.0. The van der Waals surface area contributed by atoms with Crippen LogP contribution in [0.15, 0.2) is 12.4 Å². The Bertz CT molecular complexity index is 452. The Labute approximate surface area is 126 Å². The summed E-state index contributed by atoms with van der Waals surface area (Å²) >= 11 is 0. The Balaban J connectivity index is 1.83. The van der Waals surface area contributed by atoms with Gasteiger partial charge >= 0.3 is 0 Å². The molecule has 1 saturated heterocycles. The van der Waals surface area contributed by atoms with Gasteiger partial charge in [-0.1, -0.05) is 13.8 Å². The van der Waals surface area contributed by atoms with Gasteiger partial charge in [-0.25, -0.2) is 0 Å². The van der Waals surface area contributed by atoms with Crippen molar-refractivity contribution >= 4 is 11.6 Å². The number of hydrogen-bond donors (Lipinski definition) is 1. The van der Waals surface area contributed by atoms with Crippen molar-refractivity contribution in [2.45, 2.75) is 39.8 Å². The van der Waals surface area contributed by atoms with E-state index in [4.69, 9.17) is 4.74 Å². The van der Waals surface area contributed by atoms with E-state index in [1.54, 1.807) is 10.9 Å². The van der Waals surface area contributed by atoms with E-state index in [2.05, 4.69) is 31.2 Å². The molecule has 118 valence electrons. The third-order valence-corrected chi connectivity index (χ3v) is 3.53. The van der Waals surface area contributed by atoms with Crippen molar-refractivity contribution < 1.29 is 9.53 Å². The van der Waals surface area contributed by atoms with E-state index >= 15 is 0 Å². The van der Waals surface area contributed by atoms with Crippen LogP contribution < -0.4 is 5.32 Å². The molecule has 0 bridgehead atoms. The smallest absolute Gasteiger partial charge is 0.244 e. The van der Waals surface area contributed by atoms with Crippen LogP contribution in [0.2, 0.25) is 0 Å². The van der Waals surface area contributed by atoms with Crippen molar-refractivity contribution in [3.05, 3.63) is 12.4 Å². The average molecular weight is 294 g/mol. The zero-order valence-electron chi connectivity index (χ0n) is 13.2. The van der Waals surface area contributed by atoms with Crippen LogP contribution in [0.1, 0.15) is 27.2 Å². The maximum atomic E-state index is 12.1. The van der Waals surface area contributed by atoms with Crippen LogP contribution in [0.25, 0.3) is 0 Å². The summed E-state index contributed by atoms with van der Waals surface area (Å²) in [5.41, 5.74) is 0.970. The zero-order valence-corrected chi connectivity index (χ0v) is 13.2. The highest BCUT2D eigenvalue weighted by molar-refractivity contribution is 5.76. The molecule has 0 spiro atoms. The van der Waals surface area contributed by atoms with Crippen LogP contribution >= 0.6 is 0 Å². The molecule has 2 heterocycles. The van der Waals surface area contributed by atoms with Crippen molar-refractivity contribution in [1.29, 1.82) is 0 Å². The van der Waals surface area contributed by atoms with Crippen LogP contribution in [0, 0.1) is 5.92 Å². The van der Waals surface area contributed by atoms with E-state index in [1.807, 2.05) is 11.1 Å². The molecule has 6 nitrogen and oxygen atoms in total. The maximum Gasteiger partial charge on any atom is 0.244 e. The summed E-state index contributed by atoms with van der Waals surface area (Å²) in [7, 11) is 0. The Morgan fingerprint density at radius 3 is 2.76 bits per heavy atom. The van der Waals surface area contributed by atoms with Crippen molar-refractivity contribution in [2.75, 3.05) is 31.6 Å². The van der Waals surface area contributed by atoms with E-state index < -0.39 is 0 Å². The molecule has 1 aromatic rings. The molecule has 0 aromatic carbocycles. The fourth-order valence-electron chi connectivity index (χ4n) is 2.63. The first-order valence-corrected chi connectivity index (χ1v) is 7.69. The molecule has 2 rings (SSSR count). The maximum absolute atomic E-state index is 12.1. The quantitative estimate of drug-likeness (QED) is 0.865. The Morgan fingerprint density at radius 1 is 1.38 bits per heavy atom. The summed E-state index contributed by atoms with van der Waals surface area (Å²) in [6.45, 7) is 9.49. The number of anilines is 1. The summed E-state index contributed by atoms with van der Waals surface area (Å²) in [5.74, 6) is 0.758. The van der Waals surface area contributed by atoms with Gasteiger partial charge in [-0.15, -0.1) is 0 Å². The Morgan fingerprint density at radius 2 is 2.10 bits per heavy atom. The predicted octanol–water partition coefficient (Wildman–Crippen LogP) is 1.59. The molecule has 0 aliphatic carbocycles. The lowest BCUT2D eigenvalue weighted by atomic mass is 10.1. The SMILES string of the molecule is CC(C)CC(C)Nc1cnn(CC(=O)N2CCOCC2)c1. The minimum Gasteiger partial charge on any atom is -0.380 e. The number of rotatable bonds is 6. The van der Waals surface area contributed by atoms with Gasteiger partial charge in [0.05, 0.1) is 25.1 Å². The number of aromatic nitrogens is 2. The van der Waals surface area contributed by atoms with Gasteiger partial charge in [0.25, 0.3) is 0 Å². The third-order valence-electron chi connectivity index (χ3n) is 3.53. The number of amides is 1. The highest BCUT2D eigenvalue weighted by Crippen LogP contribution is 2.12. The number of nitrogens with one attached hydrogen (secondary N) is 1. The van der Waals surface area contributed by atoms with E-state index in [0.717, 1.165) is 12.1 Å². The van der Waals surface area contributed by atoms with Crippen LogP contribution in [-0.2, 0) is 16.1 Å². The first-order valence-electron chi connectivity index (χ1n) is 7.69. The van der Waals surface area contributed by atoms with Crippen LogP contribution in [-0.4, -0.2) is 52.9 Å². The standard InChI is InChI=1S/C15H26N4O2/c1-12(2)8-13(3)17-14-9-16-19(10-14)11-15(20)18-4-6-21-7-5-18/h9-10,12-13,17H,4-8,11H2,1-3H3. The topological polar surface area (TPSA) is 59.4 Å². The fraction of sp³-hybridized carbons (Fsp3) is 0.733. The molecule has 1 aromatic heterocycles. The van der Waals surface area contributed by atoms with Gasteiger partial charge in [0.15, 0.2) is 0 Å². The van der Waals surface area contributed by atoms with Crippen molar-refractivity contribution in [2.24, 2.45) is 5.92 Å². The molecule has 1 amide bonds. The van der Waals surface area contributed by atoms with Crippen LogP contribution in [0.4, 0.5) is 5.69 Å². The highest BCUT2D eigenvalue weighted by Gasteiger charge is 2.17. The van der Waals surface area contributed by atoms with Gasteiger partial charge in [-0.05, 0) is 19.3 Å². The first kappa shape index (κ1) is 15.8. The summed E-state index contributed by atoms with van der Waals surface area (Å²) in [4.78, 5) is 14.0. The molecule has 21 heavy (non-hydrogen) atoms. The largest absolute Gasteiger partial charge is 0.380 e. The van der Waals surface area contributed by atoms with Crippen LogP contribution in [0.5, 0.6) is 0 Å². The molecule has 6 heteroatoms. The molecular weight excluding hydrogens is 268 g/mol. The van der Waals surface area contributed by atoms with E-state index in [9.17, 15) is 4.79 Å². The van der Waals surface area contributed by atoms with Gasteiger partial charge in [0.2, 0.25) is 5.91 Å². The molecule has 1 aliphatic rings. The second kappa shape index (κ2) is 7.45. The Hall–Kier alpha value is -1.56. The van der Waals surface area contributed by atoms with Gasteiger partial charge in [0, 0.05) is 25.3 Å². The number of nitrogens with zero attached hydrogens (tertiary/aromatic N) is 3. The van der Waals surface area contributed by atoms with Gasteiger partial charge in [0.1, 0.15) is 6.54 Å². The molecular formula is C15H26N4O2. The third kappa shape index (κ3) is 5.04. The summed E-state index contributed by atoms with van der Waals surface area (Å²) in [6, 6.07) is 0.401. The zero-order chi connectivity index (χ0) is 15.2. The van der Waals surface area contributed by atoms with Crippen molar-refractivity contribution in [3.8, 4) is 0 Å². The minimum absolute atomic E-state index is 0.100. The lowest BCUT2D eigenvalue weighted by Gasteiger charge is -2.26.